The molecule has 10 heteroatoms. The van der Waals surface area contributed by atoms with Crippen molar-refractivity contribution < 1.29 is 0 Å². The van der Waals surface area contributed by atoms with Crippen LogP contribution in [0.25, 0.3) is 0 Å². The molecule has 10 nitrogen and oxygen atoms in total. The highest BCUT2D eigenvalue weighted by molar-refractivity contribution is 5.36. The van der Waals surface area contributed by atoms with Gasteiger partial charge in [-0.05, 0) is 61.4 Å². The monoisotopic (exact) mass is 584 g/mol. The van der Waals surface area contributed by atoms with Gasteiger partial charge in [0.25, 0.3) is 0 Å². The molecular formula is C34H28N6O4. The summed E-state index contributed by atoms with van der Waals surface area (Å²) in [6.07, 6.45) is 1.14. The minimum Gasteiger partial charge on any atom is -0.325 e. The van der Waals surface area contributed by atoms with E-state index in [9.17, 15) is 19.2 Å². The third-order valence-corrected chi connectivity index (χ3v) is 7.29. The van der Waals surface area contributed by atoms with Crippen molar-refractivity contribution in [2.24, 2.45) is 0 Å². The number of aromatic nitrogens is 6. The van der Waals surface area contributed by atoms with Gasteiger partial charge in [-0.1, -0.05) is 36.4 Å². The van der Waals surface area contributed by atoms with Crippen LogP contribution in [0, 0.1) is 0 Å². The Hall–Kier alpha value is -5.90. The molecule has 6 aromatic rings. The van der Waals surface area contributed by atoms with Crippen LogP contribution in [0.1, 0.15) is 57.4 Å². The van der Waals surface area contributed by atoms with E-state index in [0.717, 1.165) is 11.4 Å². The summed E-state index contributed by atoms with van der Waals surface area (Å²) in [4.78, 5) is 70.0. The number of aromatic amines is 4. The molecule has 0 radical (unpaired) electrons. The fourth-order valence-corrected chi connectivity index (χ4v) is 5.36. The van der Waals surface area contributed by atoms with Gasteiger partial charge in [0.05, 0.1) is 23.2 Å². The average Bonchev–Trinajstić information content (AvgIpc) is 3.01. The van der Waals surface area contributed by atoms with Crippen LogP contribution < -0.4 is 22.2 Å². The van der Waals surface area contributed by atoms with Crippen LogP contribution in [0.3, 0.4) is 0 Å². The summed E-state index contributed by atoms with van der Waals surface area (Å²) in [6.45, 7) is 0. The molecule has 0 amide bonds. The fraction of sp³-hybridized carbons (Fsp3) is 0.118. The molecule has 0 aliphatic carbocycles. The van der Waals surface area contributed by atoms with Crippen LogP contribution in [-0.4, -0.2) is 29.9 Å². The zero-order valence-electron chi connectivity index (χ0n) is 23.5. The van der Waals surface area contributed by atoms with E-state index < -0.39 is 11.8 Å². The van der Waals surface area contributed by atoms with Gasteiger partial charge >= 0.3 is 0 Å². The zero-order valence-corrected chi connectivity index (χ0v) is 23.5. The van der Waals surface area contributed by atoms with Gasteiger partial charge in [-0.3, -0.25) is 29.1 Å². The smallest absolute Gasteiger partial charge is 0.248 e. The standard InChI is InChI=1S/C34H28N6O4/c41-29-15-3-11-25(37-29)33(26-12-4-16-30(42)38-26)23-9-1-7-21(35-23)19-20-22-8-2-10-24(36-22)34(27-13-5-17-31(43)39-27)28-14-6-18-32(44)40-28/h1-18,33-34H,19-20H2,(H,37,41)(H,38,42)(H,39,43)(H,40,44). The van der Waals surface area contributed by atoms with Crippen LogP contribution >= 0.6 is 0 Å². The number of rotatable bonds is 9. The fourth-order valence-electron chi connectivity index (χ4n) is 5.36. The van der Waals surface area contributed by atoms with E-state index in [2.05, 4.69) is 19.9 Å². The van der Waals surface area contributed by atoms with Crippen molar-refractivity contribution in [2.45, 2.75) is 24.7 Å². The Labute approximate surface area is 250 Å². The van der Waals surface area contributed by atoms with E-state index >= 15 is 0 Å². The molecule has 4 N–H and O–H groups in total. The number of aryl methyl sites for hydroxylation is 2. The van der Waals surface area contributed by atoms with E-state index in [4.69, 9.17) is 9.97 Å². The molecule has 6 heterocycles. The molecule has 0 unspecified atom stereocenters. The van der Waals surface area contributed by atoms with Crippen molar-refractivity contribution in [1.82, 2.24) is 29.9 Å². The summed E-state index contributed by atoms with van der Waals surface area (Å²) in [6, 6.07) is 31.1. The molecule has 0 saturated carbocycles. The Kier molecular flexibility index (Phi) is 8.04. The molecule has 6 rings (SSSR count). The largest absolute Gasteiger partial charge is 0.325 e. The lowest BCUT2D eigenvalue weighted by atomic mass is 9.94. The molecule has 0 aliphatic rings. The first-order valence-electron chi connectivity index (χ1n) is 14.1. The van der Waals surface area contributed by atoms with Gasteiger partial charge in [0.1, 0.15) is 0 Å². The molecular weight excluding hydrogens is 556 g/mol. The minimum atomic E-state index is -0.485. The Morgan fingerprint density at radius 3 is 1.00 bits per heavy atom. The number of pyridine rings is 6. The van der Waals surface area contributed by atoms with Gasteiger partial charge in [0, 0.05) is 58.4 Å². The number of nitrogens with one attached hydrogen (secondary N) is 4. The number of nitrogens with zero attached hydrogens (tertiary/aromatic N) is 2. The first-order valence-corrected chi connectivity index (χ1v) is 14.1. The lowest BCUT2D eigenvalue weighted by Gasteiger charge is -2.18. The van der Waals surface area contributed by atoms with E-state index in [1.54, 1.807) is 48.5 Å². The maximum absolute atomic E-state index is 12.2. The Bertz CT molecular complexity index is 1900. The Morgan fingerprint density at radius 1 is 0.409 bits per heavy atom. The summed E-state index contributed by atoms with van der Waals surface area (Å²) in [5.74, 6) is -0.970. The lowest BCUT2D eigenvalue weighted by molar-refractivity contribution is 0.786. The highest BCUT2D eigenvalue weighted by atomic mass is 16.1. The third-order valence-electron chi connectivity index (χ3n) is 7.29. The molecule has 0 fully saturated rings. The second-order valence-electron chi connectivity index (χ2n) is 10.4. The van der Waals surface area contributed by atoms with E-state index in [-0.39, 0.29) is 22.2 Å². The van der Waals surface area contributed by atoms with Gasteiger partial charge in [0.15, 0.2) is 0 Å². The summed E-state index contributed by atoms with van der Waals surface area (Å²) < 4.78 is 0. The van der Waals surface area contributed by atoms with Crippen LogP contribution in [0.5, 0.6) is 0 Å². The van der Waals surface area contributed by atoms with E-state index in [1.807, 2.05) is 36.4 Å². The quantitative estimate of drug-likeness (QED) is 0.204. The second-order valence-corrected chi connectivity index (χ2v) is 10.4. The minimum absolute atomic E-state index is 0.245. The van der Waals surface area contributed by atoms with Crippen LogP contribution in [0.15, 0.2) is 128 Å². The molecule has 0 spiro atoms. The zero-order chi connectivity index (χ0) is 30.5. The van der Waals surface area contributed by atoms with Crippen molar-refractivity contribution in [3.63, 3.8) is 0 Å². The van der Waals surface area contributed by atoms with Gasteiger partial charge in [-0.2, -0.15) is 0 Å². The SMILES string of the molecule is O=c1cccc(C(c2cccc(CCc3cccc(C(c4cccc(=O)[nH]4)c4cccc(=O)[nH]4)n3)n2)c2cccc(=O)[nH]2)[nH]1. The van der Waals surface area contributed by atoms with Gasteiger partial charge in [-0.15, -0.1) is 0 Å². The summed E-state index contributed by atoms with van der Waals surface area (Å²) in [5.41, 5.74) is 4.45. The predicted octanol–water partition coefficient (Wildman–Crippen LogP) is 3.38. The Morgan fingerprint density at radius 2 is 0.705 bits per heavy atom. The topological polar surface area (TPSA) is 157 Å². The third kappa shape index (κ3) is 6.44. The van der Waals surface area contributed by atoms with E-state index in [0.29, 0.717) is 47.0 Å². The molecule has 218 valence electrons. The van der Waals surface area contributed by atoms with Crippen molar-refractivity contribution in [1.29, 1.82) is 0 Å². The van der Waals surface area contributed by atoms with E-state index in [1.165, 1.54) is 24.3 Å². The van der Waals surface area contributed by atoms with Gasteiger partial charge < -0.3 is 19.9 Å². The van der Waals surface area contributed by atoms with Crippen molar-refractivity contribution in [2.75, 3.05) is 0 Å². The molecule has 6 aromatic heterocycles. The van der Waals surface area contributed by atoms with Crippen LogP contribution in [-0.2, 0) is 12.8 Å². The maximum atomic E-state index is 12.2. The average molecular weight is 585 g/mol. The maximum Gasteiger partial charge on any atom is 0.248 e. The van der Waals surface area contributed by atoms with Crippen molar-refractivity contribution in [3.05, 3.63) is 196 Å². The number of H-pyrrole nitrogens is 4. The normalized spacial score (nSPS) is 11.2. The molecule has 0 atom stereocenters. The molecule has 0 aromatic carbocycles. The van der Waals surface area contributed by atoms with Gasteiger partial charge in [0.2, 0.25) is 22.2 Å². The number of hydrogen-bond acceptors (Lipinski definition) is 6. The highest BCUT2D eigenvalue weighted by Crippen LogP contribution is 2.29. The summed E-state index contributed by atoms with van der Waals surface area (Å²) >= 11 is 0. The molecule has 0 saturated heterocycles. The Balaban J connectivity index is 1.30. The van der Waals surface area contributed by atoms with Crippen molar-refractivity contribution in [3.8, 4) is 0 Å². The summed E-state index contributed by atoms with van der Waals surface area (Å²) in [7, 11) is 0. The predicted molar refractivity (Wildman–Crippen MR) is 166 cm³/mol. The summed E-state index contributed by atoms with van der Waals surface area (Å²) in [5, 5.41) is 0. The number of hydrogen-bond donors (Lipinski definition) is 4. The van der Waals surface area contributed by atoms with Crippen LogP contribution in [0.4, 0.5) is 0 Å². The first-order chi connectivity index (χ1) is 21.4. The van der Waals surface area contributed by atoms with Crippen molar-refractivity contribution >= 4 is 0 Å². The molecule has 0 bridgehead atoms. The molecule has 44 heavy (non-hydrogen) atoms. The second kappa shape index (κ2) is 12.5. The first kappa shape index (κ1) is 28.2. The molecule has 0 aliphatic heterocycles. The highest BCUT2D eigenvalue weighted by Gasteiger charge is 2.22. The van der Waals surface area contributed by atoms with Gasteiger partial charge in [-0.25, -0.2) is 0 Å². The van der Waals surface area contributed by atoms with Crippen LogP contribution in [0.2, 0.25) is 0 Å². The lowest BCUT2D eigenvalue weighted by Crippen LogP contribution is -2.18.